The van der Waals surface area contributed by atoms with Crippen LogP contribution in [0.3, 0.4) is 0 Å². The van der Waals surface area contributed by atoms with E-state index < -0.39 is 8.32 Å². The van der Waals surface area contributed by atoms with Crippen LogP contribution in [0.2, 0.25) is 18.1 Å². The second-order valence-electron chi connectivity index (χ2n) is 6.80. The van der Waals surface area contributed by atoms with Crippen LogP contribution in [0.1, 0.15) is 60.8 Å². The van der Waals surface area contributed by atoms with Crippen molar-refractivity contribution in [3.8, 4) is 0 Å². The standard InChI is InChI=1S/C14H32OSi/c1-9-10-11-13(12(2)3)15-16(7,8)14(4,5)6/h12-13H,9-11H2,1-8H3/t13-/m1/s1. The first-order chi connectivity index (χ1) is 7.12. The molecule has 0 amide bonds. The highest BCUT2D eigenvalue weighted by molar-refractivity contribution is 6.74. The molecule has 98 valence electrons. The van der Waals surface area contributed by atoms with Crippen molar-refractivity contribution in [1.82, 2.24) is 0 Å². The zero-order chi connectivity index (χ0) is 13.0. The van der Waals surface area contributed by atoms with E-state index in [9.17, 15) is 0 Å². The Morgan fingerprint density at radius 3 is 1.94 bits per heavy atom. The van der Waals surface area contributed by atoms with Crippen molar-refractivity contribution in [2.45, 2.75) is 85.0 Å². The Balaban J connectivity index is 4.50. The van der Waals surface area contributed by atoms with Gasteiger partial charge >= 0.3 is 0 Å². The van der Waals surface area contributed by atoms with E-state index in [1.54, 1.807) is 0 Å². The molecule has 0 aromatic carbocycles. The van der Waals surface area contributed by atoms with E-state index in [0.717, 1.165) is 0 Å². The van der Waals surface area contributed by atoms with Crippen LogP contribution in [0.4, 0.5) is 0 Å². The monoisotopic (exact) mass is 244 g/mol. The van der Waals surface area contributed by atoms with Crippen molar-refractivity contribution >= 4 is 8.32 Å². The molecule has 0 aliphatic carbocycles. The summed E-state index contributed by atoms with van der Waals surface area (Å²) in [5.41, 5.74) is 0. The third-order valence-electron chi connectivity index (χ3n) is 3.84. The van der Waals surface area contributed by atoms with Crippen LogP contribution < -0.4 is 0 Å². The van der Waals surface area contributed by atoms with Crippen molar-refractivity contribution in [3.63, 3.8) is 0 Å². The Kier molecular flexibility index (Phi) is 6.27. The van der Waals surface area contributed by atoms with Crippen LogP contribution in [-0.2, 0) is 4.43 Å². The van der Waals surface area contributed by atoms with Gasteiger partial charge in [0.05, 0.1) is 0 Å². The number of unbranched alkanes of at least 4 members (excludes halogenated alkanes) is 1. The second kappa shape index (κ2) is 6.20. The van der Waals surface area contributed by atoms with Crippen LogP contribution in [-0.4, -0.2) is 14.4 Å². The molecule has 0 aliphatic heterocycles. The fourth-order valence-electron chi connectivity index (χ4n) is 1.49. The van der Waals surface area contributed by atoms with Crippen LogP contribution in [0.25, 0.3) is 0 Å². The maximum Gasteiger partial charge on any atom is 0.192 e. The number of hydrogen-bond acceptors (Lipinski definition) is 1. The molecule has 0 saturated carbocycles. The summed E-state index contributed by atoms with van der Waals surface area (Å²) in [5.74, 6) is 0.640. The van der Waals surface area contributed by atoms with Crippen LogP contribution in [0.15, 0.2) is 0 Å². The third-order valence-corrected chi connectivity index (χ3v) is 8.34. The smallest absolute Gasteiger partial charge is 0.192 e. The fraction of sp³-hybridized carbons (Fsp3) is 1.00. The molecule has 0 bridgehead atoms. The zero-order valence-corrected chi connectivity index (χ0v) is 13.7. The summed E-state index contributed by atoms with van der Waals surface area (Å²) in [6.45, 7) is 18.5. The molecule has 1 atom stereocenters. The van der Waals surface area contributed by atoms with Gasteiger partial charge < -0.3 is 4.43 Å². The molecule has 0 heterocycles. The Bertz CT molecular complexity index is 191. The summed E-state index contributed by atoms with van der Waals surface area (Å²) < 4.78 is 6.50. The number of hydrogen-bond donors (Lipinski definition) is 0. The summed E-state index contributed by atoms with van der Waals surface area (Å²) in [7, 11) is -1.58. The second-order valence-corrected chi connectivity index (χ2v) is 11.6. The summed E-state index contributed by atoms with van der Waals surface area (Å²) >= 11 is 0. The lowest BCUT2D eigenvalue weighted by Crippen LogP contribution is -2.45. The van der Waals surface area contributed by atoms with Crippen LogP contribution in [0, 0.1) is 5.92 Å². The quantitative estimate of drug-likeness (QED) is 0.582. The van der Waals surface area contributed by atoms with Crippen molar-refractivity contribution in [2.24, 2.45) is 5.92 Å². The van der Waals surface area contributed by atoms with Crippen molar-refractivity contribution in [2.75, 3.05) is 0 Å². The highest BCUT2D eigenvalue weighted by Gasteiger charge is 2.39. The molecular weight excluding hydrogens is 212 g/mol. The molecule has 0 fully saturated rings. The van der Waals surface area contributed by atoms with E-state index in [1.165, 1.54) is 19.3 Å². The summed E-state index contributed by atoms with van der Waals surface area (Å²) in [4.78, 5) is 0. The first-order valence-electron chi connectivity index (χ1n) is 6.79. The van der Waals surface area contributed by atoms with Crippen molar-refractivity contribution in [3.05, 3.63) is 0 Å². The summed E-state index contributed by atoms with van der Waals surface area (Å²) in [6, 6.07) is 0. The van der Waals surface area contributed by atoms with E-state index in [4.69, 9.17) is 4.43 Å². The maximum absolute atomic E-state index is 6.50. The average Bonchev–Trinajstić information content (AvgIpc) is 2.09. The van der Waals surface area contributed by atoms with Gasteiger partial charge in [-0.2, -0.15) is 0 Å². The Hall–Kier alpha value is 0.177. The first-order valence-corrected chi connectivity index (χ1v) is 9.70. The van der Waals surface area contributed by atoms with Gasteiger partial charge in [0.25, 0.3) is 0 Å². The topological polar surface area (TPSA) is 9.23 Å². The van der Waals surface area contributed by atoms with Gasteiger partial charge in [-0.1, -0.05) is 54.4 Å². The molecule has 0 aromatic rings. The highest BCUT2D eigenvalue weighted by atomic mass is 28.4. The van der Waals surface area contributed by atoms with Gasteiger partial charge in [-0.05, 0) is 30.5 Å². The minimum Gasteiger partial charge on any atom is -0.414 e. The summed E-state index contributed by atoms with van der Waals surface area (Å²) in [6.07, 6.45) is 4.24. The largest absolute Gasteiger partial charge is 0.414 e. The van der Waals surface area contributed by atoms with Gasteiger partial charge in [0, 0.05) is 6.10 Å². The molecule has 0 N–H and O–H groups in total. The zero-order valence-electron chi connectivity index (χ0n) is 12.7. The minimum absolute atomic E-state index is 0.326. The number of rotatable bonds is 6. The fourth-order valence-corrected chi connectivity index (χ4v) is 2.99. The molecule has 0 spiro atoms. The van der Waals surface area contributed by atoms with Gasteiger partial charge in [0.15, 0.2) is 8.32 Å². The first kappa shape index (κ1) is 16.2. The lowest BCUT2D eigenvalue weighted by Gasteiger charge is -2.40. The summed E-state index contributed by atoms with van der Waals surface area (Å²) in [5, 5.41) is 0.326. The van der Waals surface area contributed by atoms with Crippen LogP contribution in [0.5, 0.6) is 0 Å². The Morgan fingerprint density at radius 2 is 1.62 bits per heavy atom. The van der Waals surface area contributed by atoms with Crippen molar-refractivity contribution in [1.29, 1.82) is 0 Å². The van der Waals surface area contributed by atoms with E-state index in [1.807, 2.05) is 0 Å². The van der Waals surface area contributed by atoms with E-state index in [2.05, 4.69) is 54.6 Å². The normalized spacial score (nSPS) is 15.6. The lowest BCUT2D eigenvalue weighted by atomic mass is 10.0. The SMILES string of the molecule is CCCC[C@@H](O[Si](C)(C)C(C)(C)C)C(C)C. The molecule has 16 heavy (non-hydrogen) atoms. The molecule has 0 unspecified atom stereocenters. The maximum atomic E-state index is 6.50. The van der Waals surface area contributed by atoms with Crippen LogP contribution >= 0.6 is 0 Å². The predicted molar refractivity (Wildman–Crippen MR) is 76.4 cm³/mol. The highest BCUT2D eigenvalue weighted by Crippen LogP contribution is 2.38. The van der Waals surface area contributed by atoms with Gasteiger partial charge in [0.2, 0.25) is 0 Å². The molecule has 0 rings (SSSR count). The molecule has 0 saturated heterocycles. The Labute approximate surface area is 104 Å². The van der Waals surface area contributed by atoms with Gasteiger partial charge in [-0.25, -0.2) is 0 Å². The van der Waals surface area contributed by atoms with Gasteiger partial charge in [0.1, 0.15) is 0 Å². The van der Waals surface area contributed by atoms with E-state index in [-0.39, 0.29) is 0 Å². The van der Waals surface area contributed by atoms with E-state index in [0.29, 0.717) is 17.1 Å². The van der Waals surface area contributed by atoms with Gasteiger partial charge in [-0.3, -0.25) is 0 Å². The molecule has 0 aromatic heterocycles. The third kappa shape index (κ3) is 5.01. The average molecular weight is 244 g/mol. The minimum atomic E-state index is -1.58. The van der Waals surface area contributed by atoms with Gasteiger partial charge in [-0.15, -0.1) is 0 Å². The lowest BCUT2D eigenvalue weighted by molar-refractivity contribution is 0.122. The molecular formula is C14H32OSi. The molecule has 0 radical (unpaired) electrons. The Morgan fingerprint density at radius 1 is 1.12 bits per heavy atom. The molecule has 0 aliphatic rings. The predicted octanol–water partition coefficient (Wildman–Crippen LogP) is 5.22. The van der Waals surface area contributed by atoms with Crippen molar-refractivity contribution < 1.29 is 4.43 Å². The molecule has 2 heteroatoms. The van der Waals surface area contributed by atoms with E-state index >= 15 is 0 Å². The molecule has 1 nitrogen and oxygen atoms in total.